The topological polar surface area (TPSA) is 60.0 Å². The molecule has 114 valence electrons. The van der Waals surface area contributed by atoms with Crippen LogP contribution in [0.4, 0.5) is 0 Å². The second-order valence-electron chi connectivity index (χ2n) is 6.82. The molecule has 1 saturated carbocycles. The van der Waals surface area contributed by atoms with Crippen LogP contribution in [0.15, 0.2) is 4.79 Å². The van der Waals surface area contributed by atoms with E-state index in [1.54, 1.807) is 16.3 Å². The molecule has 0 bridgehead atoms. The molecule has 3 atom stereocenters. The minimum absolute atomic E-state index is 0.00102. The summed E-state index contributed by atoms with van der Waals surface area (Å²) in [6.45, 7) is 8.54. The predicted molar refractivity (Wildman–Crippen MR) is 78.7 cm³/mol. The SMILES string of the molecule is CCC(C)(C)C1CCC(O)CC1n1nc(C)n(C)c1=O. The zero-order chi connectivity index (χ0) is 15.1. The van der Waals surface area contributed by atoms with Gasteiger partial charge in [0.25, 0.3) is 0 Å². The average molecular weight is 281 g/mol. The number of aryl methyl sites for hydroxylation is 1. The third kappa shape index (κ3) is 2.55. The van der Waals surface area contributed by atoms with E-state index in [1.165, 1.54) is 0 Å². The van der Waals surface area contributed by atoms with Crippen LogP contribution in [-0.2, 0) is 7.05 Å². The van der Waals surface area contributed by atoms with E-state index in [1.807, 2.05) is 6.92 Å². The van der Waals surface area contributed by atoms with Crippen molar-refractivity contribution in [1.29, 1.82) is 0 Å². The summed E-state index contributed by atoms with van der Waals surface area (Å²) >= 11 is 0. The second kappa shape index (κ2) is 5.35. The van der Waals surface area contributed by atoms with Crippen LogP contribution in [0.2, 0.25) is 0 Å². The van der Waals surface area contributed by atoms with Crippen LogP contribution in [0.1, 0.15) is 58.3 Å². The number of aromatic nitrogens is 3. The molecule has 1 aromatic rings. The van der Waals surface area contributed by atoms with E-state index >= 15 is 0 Å². The van der Waals surface area contributed by atoms with Crippen LogP contribution in [0.25, 0.3) is 0 Å². The quantitative estimate of drug-likeness (QED) is 0.922. The highest BCUT2D eigenvalue weighted by Crippen LogP contribution is 2.45. The van der Waals surface area contributed by atoms with Gasteiger partial charge in [0.2, 0.25) is 0 Å². The Balaban J connectivity index is 2.43. The molecule has 1 fully saturated rings. The Labute approximate surface area is 120 Å². The number of aliphatic hydroxyl groups excluding tert-OH is 1. The van der Waals surface area contributed by atoms with E-state index in [-0.39, 0.29) is 23.3 Å². The van der Waals surface area contributed by atoms with E-state index < -0.39 is 0 Å². The van der Waals surface area contributed by atoms with Gasteiger partial charge in [0.05, 0.1) is 12.1 Å². The van der Waals surface area contributed by atoms with E-state index in [0.717, 1.165) is 25.1 Å². The maximum absolute atomic E-state index is 12.3. The summed E-state index contributed by atoms with van der Waals surface area (Å²) in [7, 11) is 1.75. The highest BCUT2D eigenvalue weighted by Gasteiger charge is 2.40. The molecular formula is C15H27N3O2. The van der Waals surface area contributed by atoms with E-state index in [9.17, 15) is 9.90 Å². The Hall–Kier alpha value is -1.10. The smallest absolute Gasteiger partial charge is 0.345 e. The Morgan fingerprint density at radius 3 is 2.55 bits per heavy atom. The van der Waals surface area contributed by atoms with Gasteiger partial charge >= 0.3 is 5.69 Å². The summed E-state index contributed by atoms with van der Waals surface area (Å²) in [6.07, 6.45) is 3.15. The first-order valence-electron chi connectivity index (χ1n) is 7.58. The van der Waals surface area contributed by atoms with Crippen molar-refractivity contribution in [3.8, 4) is 0 Å². The van der Waals surface area contributed by atoms with Gasteiger partial charge in [0.1, 0.15) is 5.82 Å². The Morgan fingerprint density at radius 2 is 2.05 bits per heavy atom. The van der Waals surface area contributed by atoms with Gasteiger partial charge in [-0.05, 0) is 37.5 Å². The summed E-state index contributed by atoms with van der Waals surface area (Å²) in [4.78, 5) is 12.3. The van der Waals surface area contributed by atoms with Gasteiger partial charge in [-0.2, -0.15) is 5.10 Å². The summed E-state index contributed by atoms with van der Waals surface area (Å²) in [5.41, 5.74) is 0.0777. The zero-order valence-corrected chi connectivity index (χ0v) is 13.3. The summed E-state index contributed by atoms with van der Waals surface area (Å²) < 4.78 is 3.19. The van der Waals surface area contributed by atoms with Gasteiger partial charge in [-0.3, -0.25) is 4.57 Å². The summed E-state index contributed by atoms with van der Waals surface area (Å²) in [5, 5.41) is 14.4. The Bertz CT molecular complexity index is 530. The van der Waals surface area contributed by atoms with Crippen molar-refractivity contribution in [2.75, 3.05) is 0 Å². The van der Waals surface area contributed by atoms with Crippen LogP contribution in [-0.4, -0.2) is 25.6 Å². The van der Waals surface area contributed by atoms with Gasteiger partial charge < -0.3 is 5.11 Å². The van der Waals surface area contributed by atoms with Crippen LogP contribution in [0, 0.1) is 18.3 Å². The largest absolute Gasteiger partial charge is 0.393 e. The van der Waals surface area contributed by atoms with Gasteiger partial charge in [0, 0.05) is 7.05 Å². The third-order valence-corrected chi connectivity index (χ3v) is 5.24. The lowest BCUT2D eigenvalue weighted by Gasteiger charge is -2.43. The minimum atomic E-state index is -0.321. The van der Waals surface area contributed by atoms with Crippen LogP contribution < -0.4 is 5.69 Å². The van der Waals surface area contributed by atoms with Gasteiger partial charge in [-0.1, -0.05) is 27.2 Å². The molecule has 1 aliphatic rings. The monoisotopic (exact) mass is 281 g/mol. The van der Waals surface area contributed by atoms with Gasteiger partial charge in [0.15, 0.2) is 0 Å². The van der Waals surface area contributed by atoms with E-state index in [2.05, 4.69) is 25.9 Å². The van der Waals surface area contributed by atoms with Crippen LogP contribution in [0.5, 0.6) is 0 Å². The van der Waals surface area contributed by atoms with Crippen molar-refractivity contribution >= 4 is 0 Å². The predicted octanol–water partition coefficient (Wildman–Crippen LogP) is 2.03. The van der Waals surface area contributed by atoms with Crippen molar-refractivity contribution in [3.63, 3.8) is 0 Å². The third-order valence-electron chi connectivity index (χ3n) is 5.24. The molecule has 0 aliphatic heterocycles. The fraction of sp³-hybridized carbons (Fsp3) is 0.867. The lowest BCUT2D eigenvalue weighted by Crippen LogP contribution is -2.42. The minimum Gasteiger partial charge on any atom is -0.393 e. The molecule has 1 aliphatic carbocycles. The van der Waals surface area contributed by atoms with Crippen molar-refractivity contribution in [3.05, 3.63) is 16.3 Å². The maximum Gasteiger partial charge on any atom is 0.345 e. The highest BCUT2D eigenvalue weighted by atomic mass is 16.3. The van der Waals surface area contributed by atoms with Gasteiger partial charge in [-0.15, -0.1) is 0 Å². The molecule has 20 heavy (non-hydrogen) atoms. The van der Waals surface area contributed by atoms with Gasteiger partial charge in [-0.25, -0.2) is 9.48 Å². The molecule has 1 heterocycles. The Morgan fingerprint density at radius 1 is 1.40 bits per heavy atom. The van der Waals surface area contributed by atoms with Crippen molar-refractivity contribution in [2.24, 2.45) is 18.4 Å². The first-order chi connectivity index (χ1) is 9.27. The molecule has 0 saturated heterocycles. The molecule has 3 unspecified atom stereocenters. The summed E-state index contributed by atoms with van der Waals surface area (Å²) in [5.74, 6) is 1.10. The number of hydrogen-bond acceptors (Lipinski definition) is 3. The van der Waals surface area contributed by atoms with Crippen molar-refractivity contribution in [2.45, 2.75) is 65.5 Å². The first-order valence-corrected chi connectivity index (χ1v) is 7.58. The van der Waals surface area contributed by atoms with Crippen molar-refractivity contribution in [1.82, 2.24) is 14.3 Å². The number of rotatable bonds is 3. The standard InChI is InChI=1S/C15H27N3O2/c1-6-15(3,4)12-8-7-11(19)9-13(12)18-14(20)17(5)10(2)16-18/h11-13,19H,6-9H2,1-5H3. The lowest BCUT2D eigenvalue weighted by atomic mass is 9.66. The van der Waals surface area contributed by atoms with E-state index in [0.29, 0.717) is 12.3 Å². The molecule has 2 rings (SSSR count). The fourth-order valence-corrected chi connectivity index (χ4v) is 3.34. The normalized spacial score (nSPS) is 27.8. The molecule has 0 amide bonds. The molecule has 0 spiro atoms. The average Bonchev–Trinajstić information content (AvgIpc) is 2.66. The molecule has 0 radical (unpaired) electrons. The number of nitrogens with zero attached hydrogens (tertiary/aromatic N) is 3. The number of aliphatic hydroxyl groups is 1. The van der Waals surface area contributed by atoms with Crippen molar-refractivity contribution < 1.29 is 5.11 Å². The summed E-state index contributed by atoms with van der Waals surface area (Å²) in [6, 6.07) is 0.00102. The van der Waals surface area contributed by atoms with Crippen LogP contribution in [0.3, 0.4) is 0 Å². The Kier molecular flexibility index (Phi) is 4.09. The highest BCUT2D eigenvalue weighted by molar-refractivity contribution is 4.93. The lowest BCUT2D eigenvalue weighted by molar-refractivity contribution is 0.0156. The zero-order valence-electron chi connectivity index (χ0n) is 13.3. The maximum atomic E-state index is 12.3. The second-order valence-corrected chi connectivity index (χ2v) is 6.82. The van der Waals surface area contributed by atoms with E-state index in [4.69, 9.17) is 0 Å². The molecule has 5 heteroatoms. The number of hydrogen-bond donors (Lipinski definition) is 1. The first kappa shape index (κ1) is 15.3. The molecule has 0 aromatic carbocycles. The van der Waals surface area contributed by atoms with Crippen LogP contribution >= 0.6 is 0 Å². The fourth-order valence-electron chi connectivity index (χ4n) is 3.34. The molecular weight excluding hydrogens is 254 g/mol. The molecule has 1 aromatic heterocycles. The molecule has 5 nitrogen and oxygen atoms in total. The molecule has 1 N–H and O–H groups in total.